The first-order valence-corrected chi connectivity index (χ1v) is 40.3. The smallest absolute Gasteiger partial charge is 0.129 e. The van der Waals surface area contributed by atoms with Gasteiger partial charge in [0.15, 0.2) is 0 Å². The van der Waals surface area contributed by atoms with E-state index in [0.29, 0.717) is 12.1 Å². The maximum Gasteiger partial charge on any atom is 0.129 e. The topological polar surface area (TPSA) is 144 Å². The van der Waals surface area contributed by atoms with E-state index in [0.717, 1.165) is 62.7 Å². The number of hydrogen-bond donors (Lipinski definition) is 3. The van der Waals surface area contributed by atoms with E-state index in [1.807, 2.05) is 68.9 Å². The normalized spacial score (nSPS) is 14.3. The predicted octanol–water partition coefficient (Wildman–Crippen LogP) is 25.6. The first-order chi connectivity index (χ1) is 51.6. The number of aromatic nitrogens is 13. The predicted molar refractivity (Wildman–Crippen MR) is 464 cm³/mol. The molecule has 7 heterocycles. The monoisotopic (exact) mass is 1500 g/mol. The lowest BCUT2D eigenvalue weighted by Crippen LogP contribution is -2.16. The van der Waals surface area contributed by atoms with E-state index < -0.39 is 0 Å². The Balaban J connectivity index is 0.000000128. The SMILES string of the molecule is CC(C)(C)c1c(F)ccc2cnn(C3CC3)c12.Cc1ccc2[nH]cc(C)c2c1C(C)(C)C.Cc1ccc2cnn(C)c2c1C(C)(C)C.Cc1ccc2cnn(C3CC3)c2c1C(C)(C)C.Cc1ccc2n[nH]c(C)c2c1C(C)(C)C.Cc1ccc2n[nH]c(C3CC3)c2c1C(C)(C)C.Cn1ncc2ccc(F)c(C(C)(C)C)c21. The van der Waals surface area contributed by atoms with Gasteiger partial charge in [0, 0.05) is 91.9 Å². The van der Waals surface area contributed by atoms with Crippen LogP contribution in [0.25, 0.3) is 76.3 Å². The molecule has 0 amide bonds. The van der Waals surface area contributed by atoms with E-state index >= 15 is 0 Å². The van der Waals surface area contributed by atoms with Crippen molar-refractivity contribution in [2.75, 3.05) is 0 Å². The zero-order chi connectivity index (χ0) is 81.5. The molecule has 3 N–H and O–H groups in total. The number of H-pyrrole nitrogens is 3. The van der Waals surface area contributed by atoms with Crippen LogP contribution in [-0.2, 0) is 52.0 Å². The average Bonchev–Trinajstić information content (AvgIpc) is 1.63. The zero-order valence-corrected chi connectivity index (χ0v) is 72.7. The van der Waals surface area contributed by atoms with Crippen LogP contribution in [-0.4, -0.2) is 64.5 Å². The van der Waals surface area contributed by atoms with Gasteiger partial charge in [0.05, 0.1) is 70.0 Å². The summed E-state index contributed by atoms with van der Waals surface area (Å²) in [6, 6.07) is 29.5. The summed E-state index contributed by atoms with van der Waals surface area (Å²) in [5.74, 6) is 0.453. The molecule has 0 saturated heterocycles. The van der Waals surface area contributed by atoms with Gasteiger partial charge < -0.3 is 4.98 Å². The maximum absolute atomic E-state index is 14.1. The molecular weight excluding hydrogens is 1370 g/mol. The van der Waals surface area contributed by atoms with Crippen molar-refractivity contribution in [3.63, 3.8) is 0 Å². The number of aryl methyl sites for hydroxylation is 9. The lowest BCUT2D eigenvalue weighted by Gasteiger charge is -2.23. The summed E-state index contributed by atoms with van der Waals surface area (Å²) in [7, 11) is 3.86. The molecule has 3 fully saturated rings. The summed E-state index contributed by atoms with van der Waals surface area (Å²) in [5.41, 5.74) is 27.9. The second-order valence-corrected chi connectivity index (χ2v) is 39.3. The summed E-state index contributed by atoms with van der Waals surface area (Å²) >= 11 is 0. The Morgan fingerprint density at radius 2 is 0.658 bits per heavy atom. The minimum atomic E-state index is -0.211. The molecule has 15 heteroatoms. The van der Waals surface area contributed by atoms with Crippen molar-refractivity contribution in [1.29, 1.82) is 0 Å². The third kappa shape index (κ3) is 17.7. The Bertz CT molecular complexity index is 5050. The van der Waals surface area contributed by atoms with Crippen molar-refractivity contribution in [3.05, 3.63) is 211 Å². The van der Waals surface area contributed by atoms with E-state index in [1.165, 1.54) is 148 Å². The lowest BCUT2D eigenvalue weighted by molar-refractivity contribution is 0.522. The first-order valence-electron chi connectivity index (χ1n) is 40.3. The summed E-state index contributed by atoms with van der Waals surface area (Å²) in [6.07, 6.45) is 17.2. The molecule has 0 radical (unpaired) electrons. The van der Waals surface area contributed by atoms with Crippen LogP contribution in [0.1, 0.15) is 286 Å². The number of fused-ring (bicyclic) bond motifs is 7. The van der Waals surface area contributed by atoms with Gasteiger partial charge >= 0.3 is 0 Å². The van der Waals surface area contributed by atoms with Crippen molar-refractivity contribution in [2.45, 2.75) is 288 Å². The molecule has 0 atom stereocenters. The van der Waals surface area contributed by atoms with Gasteiger partial charge in [0.25, 0.3) is 0 Å². The Morgan fingerprint density at radius 1 is 0.333 bits per heavy atom. The van der Waals surface area contributed by atoms with Gasteiger partial charge in [-0.3, -0.25) is 28.9 Å². The first kappa shape index (κ1) is 82.7. The quantitative estimate of drug-likeness (QED) is 0.161. The Hall–Kier alpha value is -9.24. The lowest BCUT2D eigenvalue weighted by atomic mass is 9.81. The summed E-state index contributed by atoms with van der Waals surface area (Å²) in [5, 5.41) is 41.2. The molecule has 7 aromatic heterocycles. The van der Waals surface area contributed by atoms with Gasteiger partial charge in [-0.25, -0.2) is 8.78 Å². The number of nitrogens with one attached hydrogen (secondary N) is 3. The largest absolute Gasteiger partial charge is 0.361 e. The molecule has 3 saturated carbocycles. The fraction of sp³-hybridized carbons (Fsp3) is 0.479. The van der Waals surface area contributed by atoms with Crippen molar-refractivity contribution in [3.8, 4) is 0 Å². The van der Waals surface area contributed by atoms with E-state index in [9.17, 15) is 8.78 Å². The van der Waals surface area contributed by atoms with Crippen LogP contribution in [0.3, 0.4) is 0 Å². The van der Waals surface area contributed by atoms with Crippen LogP contribution < -0.4 is 0 Å². The molecule has 3 aliphatic carbocycles. The van der Waals surface area contributed by atoms with Crippen LogP contribution in [0.5, 0.6) is 0 Å². The highest BCUT2D eigenvalue weighted by atomic mass is 19.1. The van der Waals surface area contributed by atoms with Crippen LogP contribution in [0, 0.1) is 60.1 Å². The van der Waals surface area contributed by atoms with E-state index in [2.05, 4.69) is 290 Å². The number of nitrogens with zero attached hydrogens (tertiary/aromatic N) is 10. The van der Waals surface area contributed by atoms with Gasteiger partial charge in [-0.15, -0.1) is 0 Å². The summed E-state index contributed by atoms with van der Waals surface area (Å²) in [6.45, 7) is 61.5. The molecule has 13 nitrogen and oxygen atoms in total. The molecule has 7 aromatic carbocycles. The van der Waals surface area contributed by atoms with Crippen molar-refractivity contribution in [1.82, 2.24) is 64.5 Å². The van der Waals surface area contributed by atoms with Gasteiger partial charge in [0.2, 0.25) is 0 Å². The van der Waals surface area contributed by atoms with Crippen LogP contribution in [0.4, 0.5) is 8.78 Å². The summed E-state index contributed by atoms with van der Waals surface area (Å²) < 4.78 is 35.9. The number of benzene rings is 7. The number of aromatic amines is 3. The fourth-order valence-corrected chi connectivity index (χ4v) is 17.1. The zero-order valence-electron chi connectivity index (χ0n) is 72.7. The third-order valence-corrected chi connectivity index (χ3v) is 22.0. The van der Waals surface area contributed by atoms with Crippen LogP contribution >= 0.6 is 0 Å². The molecule has 0 bridgehead atoms. The van der Waals surface area contributed by atoms with Crippen LogP contribution in [0.15, 0.2) is 116 Å². The maximum atomic E-state index is 14.1. The summed E-state index contributed by atoms with van der Waals surface area (Å²) in [4.78, 5) is 3.33. The van der Waals surface area contributed by atoms with Gasteiger partial charge in [-0.2, -0.15) is 30.6 Å². The number of halogens is 2. The molecule has 590 valence electrons. The minimum absolute atomic E-state index is 0.118. The molecule has 17 rings (SSSR count). The Kier molecular flexibility index (Phi) is 22.9. The molecule has 0 aliphatic heterocycles. The number of hydrogen-bond acceptors (Lipinski definition) is 6. The Morgan fingerprint density at radius 3 is 1.08 bits per heavy atom. The van der Waals surface area contributed by atoms with Crippen LogP contribution in [0.2, 0.25) is 0 Å². The standard InChI is InChI=1S/2C15H20N2.C14H17FN2.C14H19N.2C13H18N2.C12H15FN2/c1-9-5-8-11-12(13(9)15(2,3)4)14(17-16-11)10-6-7-10;1-10-5-6-11-9-16-17(12-7-8-12)14(11)13(10)15(2,3)4;1-14(2,3)12-11(15)7-4-9-8-16-17(13(9)12)10-5-6-10;1-9-6-7-11-12(10(2)8-15-11)13(9)14(3,4)5;1-9-6-7-10-8-14-15(5)12(10)11(9)13(2,3)4;1-8-6-7-10-11(9(2)14-15-10)12(8)13(3,4)5;1-12(2,3)10-9(13)6-5-8-7-14-15(4)11(8)10/h5,8,10H,6-7H2,1-4H3,(H,16,17);5-6,9,12H,7-8H2,1-4H3;4,7-8,10H,5-6H2,1-3H3;6-8,15H,1-5H3;6-8H,1-5H3;6-7H,1-5H3,(H,14,15);5-7H,1-4H3. The molecule has 0 unspecified atom stereocenters. The fourth-order valence-electron chi connectivity index (χ4n) is 17.1. The average molecular weight is 1500 g/mol. The Labute approximate surface area is 659 Å². The highest BCUT2D eigenvalue weighted by Gasteiger charge is 2.35. The highest BCUT2D eigenvalue weighted by Crippen LogP contribution is 2.47. The molecule has 111 heavy (non-hydrogen) atoms. The second-order valence-electron chi connectivity index (χ2n) is 39.3. The van der Waals surface area contributed by atoms with Gasteiger partial charge in [-0.1, -0.05) is 188 Å². The minimum Gasteiger partial charge on any atom is -0.361 e. The van der Waals surface area contributed by atoms with E-state index in [1.54, 1.807) is 23.0 Å². The molecule has 0 spiro atoms. The second kappa shape index (κ2) is 30.7. The van der Waals surface area contributed by atoms with E-state index in [-0.39, 0.29) is 49.5 Å². The molecule has 3 aliphatic rings. The highest BCUT2D eigenvalue weighted by molar-refractivity contribution is 5.91. The molecule has 14 aromatic rings. The van der Waals surface area contributed by atoms with Crippen molar-refractivity contribution < 1.29 is 8.78 Å². The van der Waals surface area contributed by atoms with Crippen molar-refractivity contribution in [2.24, 2.45) is 14.1 Å². The van der Waals surface area contributed by atoms with E-state index in [4.69, 9.17) is 0 Å². The number of rotatable bonds is 3. The van der Waals surface area contributed by atoms with Gasteiger partial charge in [0.1, 0.15) is 11.6 Å². The van der Waals surface area contributed by atoms with Gasteiger partial charge in [-0.05, 0) is 229 Å². The molecular formula is C96H127F2N13. The van der Waals surface area contributed by atoms with Crippen molar-refractivity contribution >= 4 is 76.3 Å². The third-order valence-electron chi connectivity index (χ3n) is 22.0.